The fourth-order valence-electron chi connectivity index (χ4n) is 3.56. The Morgan fingerprint density at radius 2 is 1.65 bits per heavy atom. The summed E-state index contributed by atoms with van der Waals surface area (Å²) in [6.07, 6.45) is -4.52. The number of rotatable bonds is 2. The van der Waals surface area contributed by atoms with E-state index in [4.69, 9.17) is 0 Å². The van der Waals surface area contributed by atoms with Crippen LogP contribution in [-0.4, -0.2) is 18.1 Å². The Morgan fingerprint density at radius 3 is 2.35 bits per heavy atom. The number of amides is 1. The lowest BCUT2D eigenvalue weighted by Gasteiger charge is -2.17. The number of carbonyl (C=O) groups excluding carboxylic acids is 1. The molecule has 0 atom stereocenters. The summed E-state index contributed by atoms with van der Waals surface area (Å²) >= 11 is 2.51. The third-order valence-electron chi connectivity index (χ3n) is 5.20. The van der Waals surface area contributed by atoms with Crippen molar-refractivity contribution in [1.29, 1.82) is 0 Å². The fraction of sp³-hybridized carbons (Fsp3) is 0.0833. The molecule has 3 aromatic carbocycles. The van der Waals surface area contributed by atoms with E-state index in [1.54, 1.807) is 0 Å². The summed E-state index contributed by atoms with van der Waals surface area (Å²) in [6, 6.07) is 17.6. The molecular formula is C24H15F4N3OS2. The molecule has 0 aromatic heterocycles. The number of hydrogen-bond donors (Lipinski definition) is 0. The van der Waals surface area contributed by atoms with Crippen LogP contribution in [-0.2, 0) is 11.0 Å². The standard InChI is InChI=1S/C24H15F4N3OS2/c1-30-18-7-2-3-8-19(18)33-22(30)20-21(32)31(17-11-9-15(25)10-12-17)23(34-20)29-16-6-4-5-14(13-16)24(26,27)28/h2-13H,1H3. The maximum Gasteiger partial charge on any atom is 0.416 e. The summed E-state index contributed by atoms with van der Waals surface area (Å²) in [5.74, 6) is -0.857. The number of aliphatic imine (C=N–C) groups is 1. The minimum absolute atomic E-state index is 0.0548. The number of carbonyl (C=O) groups is 1. The molecule has 34 heavy (non-hydrogen) atoms. The molecule has 1 amide bonds. The SMILES string of the molecule is CN1C(=C2SC(=Nc3cccc(C(F)(F)F)c3)N(c3ccc(F)cc3)C2=O)Sc2ccccc21. The minimum atomic E-state index is -4.52. The smallest absolute Gasteiger partial charge is 0.337 e. The molecule has 2 aliphatic rings. The monoisotopic (exact) mass is 501 g/mol. The molecule has 2 aliphatic heterocycles. The van der Waals surface area contributed by atoms with Crippen LogP contribution in [0.1, 0.15) is 5.56 Å². The van der Waals surface area contributed by atoms with Crippen LogP contribution in [0.3, 0.4) is 0 Å². The van der Waals surface area contributed by atoms with Gasteiger partial charge in [0.05, 0.1) is 27.7 Å². The first-order valence-electron chi connectivity index (χ1n) is 10.0. The van der Waals surface area contributed by atoms with Gasteiger partial charge in [-0.2, -0.15) is 13.2 Å². The molecular weight excluding hydrogens is 486 g/mol. The van der Waals surface area contributed by atoms with E-state index in [9.17, 15) is 22.4 Å². The van der Waals surface area contributed by atoms with E-state index in [0.717, 1.165) is 34.5 Å². The van der Waals surface area contributed by atoms with Crippen LogP contribution in [0, 0.1) is 5.82 Å². The summed E-state index contributed by atoms with van der Waals surface area (Å²) < 4.78 is 53.1. The fourth-order valence-corrected chi connectivity index (χ4v) is 5.90. The molecule has 5 rings (SSSR count). The number of benzene rings is 3. The Kier molecular flexibility index (Phi) is 5.65. The molecule has 10 heteroatoms. The van der Waals surface area contributed by atoms with Crippen LogP contribution in [0.2, 0.25) is 0 Å². The number of para-hydroxylation sites is 1. The van der Waals surface area contributed by atoms with Crippen molar-refractivity contribution in [3.63, 3.8) is 0 Å². The molecule has 172 valence electrons. The van der Waals surface area contributed by atoms with Crippen molar-refractivity contribution in [2.45, 2.75) is 11.1 Å². The van der Waals surface area contributed by atoms with E-state index in [0.29, 0.717) is 15.6 Å². The van der Waals surface area contributed by atoms with E-state index in [1.807, 2.05) is 36.2 Å². The zero-order valence-electron chi connectivity index (χ0n) is 17.5. The molecule has 0 bridgehead atoms. The van der Waals surface area contributed by atoms with Gasteiger partial charge in [-0.05, 0) is 66.4 Å². The zero-order chi connectivity index (χ0) is 24.0. The van der Waals surface area contributed by atoms with Gasteiger partial charge in [0.1, 0.15) is 10.7 Å². The van der Waals surface area contributed by atoms with E-state index in [2.05, 4.69) is 4.99 Å². The lowest BCUT2D eigenvalue weighted by molar-refractivity contribution is -0.137. The molecule has 0 N–H and O–H groups in total. The lowest BCUT2D eigenvalue weighted by atomic mass is 10.2. The second kappa shape index (κ2) is 8.52. The average Bonchev–Trinajstić information content (AvgIpc) is 3.30. The van der Waals surface area contributed by atoms with Gasteiger partial charge in [-0.3, -0.25) is 9.69 Å². The van der Waals surface area contributed by atoms with Crippen molar-refractivity contribution in [3.05, 3.63) is 94.1 Å². The number of halogens is 4. The first kappa shape index (κ1) is 22.5. The van der Waals surface area contributed by atoms with E-state index < -0.39 is 17.6 Å². The highest BCUT2D eigenvalue weighted by Crippen LogP contribution is 2.50. The molecule has 3 aromatic rings. The van der Waals surface area contributed by atoms with Gasteiger partial charge in [-0.25, -0.2) is 9.38 Å². The molecule has 2 heterocycles. The average molecular weight is 502 g/mol. The molecule has 1 fully saturated rings. The molecule has 0 radical (unpaired) electrons. The van der Waals surface area contributed by atoms with Crippen molar-refractivity contribution in [3.8, 4) is 0 Å². The van der Waals surface area contributed by atoms with Crippen LogP contribution < -0.4 is 9.80 Å². The highest BCUT2D eigenvalue weighted by molar-refractivity contribution is 8.20. The summed E-state index contributed by atoms with van der Waals surface area (Å²) in [4.78, 5) is 22.5. The number of thioether (sulfide) groups is 2. The Bertz CT molecular complexity index is 1350. The second-order valence-electron chi connectivity index (χ2n) is 7.42. The largest absolute Gasteiger partial charge is 0.416 e. The van der Waals surface area contributed by atoms with Gasteiger partial charge in [0.25, 0.3) is 5.91 Å². The second-order valence-corrected chi connectivity index (χ2v) is 9.43. The maximum absolute atomic E-state index is 13.6. The molecule has 0 aliphatic carbocycles. The normalized spacial score (nSPS) is 19.3. The van der Waals surface area contributed by atoms with E-state index in [1.165, 1.54) is 53.1 Å². The molecule has 4 nitrogen and oxygen atoms in total. The van der Waals surface area contributed by atoms with Gasteiger partial charge < -0.3 is 4.90 Å². The van der Waals surface area contributed by atoms with Crippen molar-refractivity contribution >= 4 is 51.7 Å². The van der Waals surface area contributed by atoms with Crippen LogP contribution in [0.5, 0.6) is 0 Å². The van der Waals surface area contributed by atoms with Gasteiger partial charge in [0, 0.05) is 11.9 Å². The Balaban J connectivity index is 1.61. The Hall–Kier alpha value is -3.24. The number of alkyl halides is 3. The van der Waals surface area contributed by atoms with E-state index >= 15 is 0 Å². The number of amidine groups is 1. The van der Waals surface area contributed by atoms with Gasteiger partial charge in [-0.15, -0.1) is 0 Å². The third kappa shape index (κ3) is 4.07. The quantitative estimate of drug-likeness (QED) is 0.279. The summed E-state index contributed by atoms with van der Waals surface area (Å²) in [5.41, 5.74) is 0.528. The topological polar surface area (TPSA) is 35.9 Å². The molecule has 0 spiro atoms. The molecule has 0 saturated carbocycles. The third-order valence-corrected chi connectivity index (χ3v) is 7.59. The van der Waals surface area contributed by atoms with Crippen LogP contribution in [0.4, 0.5) is 34.6 Å². The predicted octanol–water partition coefficient (Wildman–Crippen LogP) is 7.02. The van der Waals surface area contributed by atoms with Crippen molar-refractivity contribution < 1.29 is 22.4 Å². The molecule has 0 unspecified atom stereocenters. The first-order valence-corrected chi connectivity index (χ1v) is 11.6. The number of hydrogen-bond acceptors (Lipinski definition) is 5. The van der Waals surface area contributed by atoms with Gasteiger partial charge in [0.15, 0.2) is 5.17 Å². The predicted molar refractivity (Wildman–Crippen MR) is 128 cm³/mol. The van der Waals surface area contributed by atoms with Crippen LogP contribution in [0.15, 0.2) is 92.6 Å². The van der Waals surface area contributed by atoms with Crippen molar-refractivity contribution in [2.75, 3.05) is 16.8 Å². The number of anilines is 2. The van der Waals surface area contributed by atoms with Gasteiger partial charge >= 0.3 is 6.18 Å². The van der Waals surface area contributed by atoms with Crippen molar-refractivity contribution in [2.24, 2.45) is 4.99 Å². The van der Waals surface area contributed by atoms with E-state index in [-0.39, 0.29) is 16.8 Å². The van der Waals surface area contributed by atoms with Crippen LogP contribution in [0.25, 0.3) is 0 Å². The number of nitrogens with zero attached hydrogens (tertiary/aromatic N) is 3. The maximum atomic E-state index is 13.6. The van der Waals surface area contributed by atoms with Crippen molar-refractivity contribution in [1.82, 2.24) is 0 Å². The minimum Gasteiger partial charge on any atom is -0.337 e. The summed E-state index contributed by atoms with van der Waals surface area (Å²) in [6.45, 7) is 0. The van der Waals surface area contributed by atoms with Gasteiger partial charge in [0.2, 0.25) is 0 Å². The van der Waals surface area contributed by atoms with Gasteiger partial charge in [-0.1, -0.05) is 30.0 Å². The highest BCUT2D eigenvalue weighted by atomic mass is 32.2. The highest BCUT2D eigenvalue weighted by Gasteiger charge is 2.40. The first-order chi connectivity index (χ1) is 16.2. The Labute approximate surface area is 201 Å². The molecule has 1 saturated heterocycles. The lowest BCUT2D eigenvalue weighted by Crippen LogP contribution is -2.29. The summed E-state index contributed by atoms with van der Waals surface area (Å²) in [7, 11) is 1.85. The summed E-state index contributed by atoms with van der Waals surface area (Å²) in [5, 5.41) is 0.876. The zero-order valence-corrected chi connectivity index (χ0v) is 19.1. The Morgan fingerprint density at radius 1 is 0.912 bits per heavy atom. The number of fused-ring (bicyclic) bond motifs is 1. The van der Waals surface area contributed by atoms with Crippen LogP contribution >= 0.6 is 23.5 Å².